The van der Waals surface area contributed by atoms with Crippen LogP contribution < -0.4 is 10.5 Å². The summed E-state index contributed by atoms with van der Waals surface area (Å²) in [6.07, 6.45) is 1.53. The molecule has 0 radical (unpaired) electrons. The van der Waals surface area contributed by atoms with E-state index in [4.69, 9.17) is 10.5 Å². The van der Waals surface area contributed by atoms with Crippen LogP contribution in [0.4, 0.5) is 4.39 Å². The number of primary amides is 1. The summed E-state index contributed by atoms with van der Waals surface area (Å²) in [5, 5.41) is 0. The van der Waals surface area contributed by atoms with Crippen molar-refractivity contribution in [3.05, 3.63) is 30.1 Å². The SMILES string of the molecule is CN(CCOc1ccccc1F)CC(=O)N1CCCC(C(N)=O)C1. The normalized spacial score (nSPS) is 17.8. The molecule has 24 heavy (non-hydrogen) atoms. The Hall–Kier alpha value is -2.15. The lowest BCUT2D eigenvalue weighted by molar-refractivity contribution is -0.135. The zero-order valence-electron chi connectivity index (χ0n) is 13.9. The number of rotatable bonds is 7. The predicted molar refractivity (Wildman–Crippen MR) is 87.9 cm³/mol. The van der Waals surface area contributed by atoms with Crippen molar-refractivity contribution in [2.75, 3.05) is 39.8 Å². The highest BCUT2D eigenvalue weighted by molar-refractivity contribution is 5.81. The van der Waals surface area contributed by atoms with Gasteiger partial charge in [-0.1, -0.05) is 12.1 Å². The minimum absolute atomic E-state index is 0.0330. The summed E-state index contributed by atoms with van der Waals surface area (Å²) in [6.45, 7) is 2.06. The van der Waals surface area contributed by atoms with Crippen LogP contribution in [0.2, 0.25) is 0 Å². The number of para-hydroxylation sites is 1. The van der Waals surface area contributed by atoms with Crippen LogP contribution in [-0.4, -0.2) is 61.4 Å². The summed E-state index contributed by atoms with van der Waals surface area (Å²) in [5.41, 5.74) is 5.33. The Bertz CT molecular complexity index is 582. The molecule has 6 nitrogen and oxygen atoms in total. The predicted octanol–water partition coefficient (Wildman–Crippen LogP) is 0.860. The molecule has 1 unspecified atom stereocenters. The van der Waals surface area contributed by atoms with E-state index in [1.165, 1.54) is 6.07 Å². The number of ether oxygens (including phenoxy) is 1. The third-order valence-corrected chi connectivity index (χ3v) is 4.15. The Morgan fingerprint density at radius 3 is 2.88 bits per heavy atom. The van der Waals surface area contributed by atoms with Gasteiger partial charge in [0.05, 0.1) is 12.5 Å². The number of hydrogen-bond donors (Lipinski definition) is 1. The minimum atomic E-state index is -0.401. The van der Waals surface area contributed by atoms with Crippen LogP contribution in [0.3, 0.4) is 0 Å². The fourth-order valence-electron chi connectivity index (χ4n) is 2.72. The van der Waals surface area contributed by atoms with Crippen molar-refractivity contribution in [1.82, 2.24) is 9.80 Å². The number of carbonyl (C=O) groups excluding carboxylic acids is 2. The maximum atomic E-state index is 13.4. The Kier molecular flexibility index (Phi) is 6.54. The molecule has 0 bridgehead atoms. The highest BCUT2D eigenvalue weighted by atomic mass is 19.1. The lowest BCUT2D eigenvalue weighted by Gasteiger charge is -2.32. The second-order valence-corrected chi connectivity index (χ2v) is 6.10. The van der Waals surface area contributed by atoms with E-state index in [9.17, 15) is 14.0 Å². The first-order valence-electron chi connectivity index (χ1n) is 8.10. The van der Waals surface area contributed by atoms with Crippen LogP contribution in [0, 0.1) is 11.7 Å². The molecule has 0 aromatic heterocycles. The molecule has 1 heterocycles. The van der Waals surface area contributed by atoms with Gasteiger partial charge in [-0.15, -0.1) is 0 Å². The van der Waals surface area contributed by atoms with Crippen molar-refractivity contribution in [3.8, 4) is 5.75 Å². The topological polar surface area (TPSA) is 75.9 Å². The number of likely N-dealkylation sites (tertiary alicyclic amines) is 1. The molecule has 1 aliphatic rings. The lowest BCUT2D eigenvalue weighted by atomic mass is 9.97. The fourth-order valence-corrected chi connectivity index (χ4v) is 2.72. The quantitative estimate of drug-likeness (QED) is 0.801. The van der Waals surface area contributed by atoms with Crippen LogP contribution in [0.5, 0.6) is 5.75 Å². The van der Waals surface area contributed by atoms with Crippen LogP contribution >= 0.6 is 0 Å². The first-order chi connectivity index (χ1) is 11.5. The lowest BCUT2D eigenvalue weighted by Crippen LogP contribution is -2.47. The smallest absolute Gasteiger partial charge is 0.236 e. The molecule has 1 aromatic rings. The molecule has 1 fully saturated rings. The molecule has 0 saturated carbocycles. The average Bonchev–Trinajstić information content (AvgIpc) is 2.56. The number of halogens is 1. The van der Waals surface area contributed by atoms with Gasteiger partial charge in [-0.25, -0.2) is 4.39 Å². The molecule has 1 aromatic carbocycles. The van der Waals surface area contributed by atoms with Gasteiger partial charge in [0.1, 0.15) is 6.61 Å². The van der Waals surface area contributed by atoms with E-state index in [-0.39, 0.29) is 36.6 Å². The molecule has 1 aliphatic heterocycles. The summed E-state index contributed by atoms with van der Waals surface area (Å²) < 4.78 is 18.8. The monoisotopic (exact) mass is 337 g/mol. The molecule has 7 heteroatoms. The molecule has 2 N–H and O–H groups in total. The van der Waals surface area contributed by atoms with Crippen LogP contribution in [0.15, 0.2) is 24.3 Å². The highest BCUT2D eigenvalue weighted by Gasteiger charge is 2.27. The van der Waals surface area contributed by atoms with Crippen LogP contribution in [0.1, 0.15) is 12.8 Å². The number of nitrogens with two attached hydrogens (primary N) is 1. The second-order valence-electron chi connectivity index (χ2n) is 6.10. The number of benzene rings is 1. The fraction of sp³-hybridized carbons (Fsp3) is 0.529. The van der Waals surface area contributed by atoms with Gasteiger partial charge in [-0.3, -0.25) is 14.5 Å². The minimum Gasteiger partial charge on any atom is -0.489 e. The van der Waals surface area contributed by atoms with Crippen molar-refractivity contribution in [2.24, 2.45) is 11.7 Å². The van der Waals surface area contributed by atoms with Crippen LogP contribution in [-0.2, 0) is 9.59 Å². The average molecular weight is 337 g/mol. The number of likely N-dealkylation sites (N-methyl/N-ethyl adjacent to an activating group) is 1. The van der Waals surface area contributed by atoms with Crippen molar-refractivity contribution in [2.45, 2.75) is 12.8 Å². The second kappa shape index (κ2) is 8.63. The van der Waals surface area contributed by atoms with E-state index in [1.54, 1.807) is 30.1 Å². The number of piperidine rings is 1. The zero-order chi connectivity index (χ0) is 17.5. The Morgan fingerprint density at radius 2 is 2.17 bits per heavy atom. The van der Waals surface area contributed by atoms with Crippen molar-refractivity contribution >= 4 is 11.8 Å². The summed E-state index contributed by atoms with van der Waals surface area (Å²) in [5.74, 6) is -0.828. The van der Waals surface area contributed by atoms with Gasteiger partial charge in [-0.05, 0) is 32.0 Å². The molecule has 2 rings (SSSR count). The summed E-state index contributed by atoms with van der Waals surface area (Å²) in [6, 6.07) is 6.22. The van der Waals surface area contributed by atoms with Gasteiger partial charge in [0.25, 0.3) is 0 Å². The summed E-state index contributed by atoms with van der Waals surface area (Å²) >= 11 is 0. The standard InChI is InChI=1S/C17H24FN3O3/c1-20(9-10-24-15-7-3-2-6-14(15)18)12-16(22)21-8-4-5-13(11-21)17(19)23/h2-3,6-7,13H,4-5,8-12H2,1H3,(H2,19,23). The van der Waals surface area contributed by atoms with Gasteiger partial charge >= 0.3 is 0 Å². The number of nitrogens with zero attached hydrogens (tertiary/aromatic N) is 2. The maximum absolute atomic E-state index is 13.4. The zero-order valence-corrected chi connectivity index (χ0v) is 13.9. The van der Waals surface area contributed by atoms with Crippen molar-refractivity contribution < 1.29 is 18.7 Å². The maximum Gasteiger partial charge on any atom is 0.236 e. The van der Waals surface area contributed by atoms with Crippen molar-refractivity contribution in [1.29, 1.82) is 0 Å². The van der Waals surface area contributed by atoms with Crippen molar-refractivity contribution in [3.63, 3.8) is 0 Å². The first-order valence-corrected chi connectivity index (χ1v) is 8.10. The van der Waals surface area contributed by atoms with E-state index >= 15 is 0 Å². The number of hydrogen-bond acceptors (Lipinski definition) is 4. The van der Waals surface area contributed by atoms with Crippen LogP contribution in [0.25, 0.3) is 0 Å². The summed E-state index contributed by atoms with van der Waals surface area (Å²) in [4.78, 5) is 27.1. The van der Waals surface area contributed by atoms with Gasteiger partial charge in [0, 0.05) is 19.6 Å². The molecule has 1 saturated heterocycles. The molecular formula is C17H24FN3O3. The first kappa shape index (κ1) is 18.2. The van der Waals surface area contributed by atoms with E-state index < -0.39 is 5.82 Å². The molecule has 132 valence electrons. The molecular weight excluding hydrogens is 313 g/mol. The summed E-state index contributed by atoms with van der Waals surface area (Å²) in [7, 11) is 1.80. The Labute approximate surface area is 141 Å². The number of amides is 2. The third-order valence-electron chi connectivity index (χ3n) is 4.15. The van der Waals surface area contributed by atoms with E-state index in [0.29, 0.717) is 19.6 Å². The Balaban J connectivity index is 1.73. The van der Waals surface area contributed by atoms with E-state index in [2.05, 4.69) is 0 Å². The molecule has 1 atom stereocenters. The molecule has 0 spiro atoms. The Morgan fingerprint density at radius 1 is 1.42 bits per heavy atom. The van der Waals surface area contributed by atoms with E-state index in [0.717, 1.165) is 12.8 Å². The number of carbonyl (C=O) groups is 2. The molecule has 2 amide bonds. The largest absolute Gasteiger partial charge is 0.489 e. The van der Waals surface area contributed by atoms with E-state index in [1.807, 2.05) is 4.90 Å². The third kappa shape index (κ3) is 5.19. The molecule has 0 aliphatic carbocycles. The van der Waals surface area contributed by atoms with Gasteiger partial charge in [-0.2, -0.15) is 0 Å². The van der Waals surface area contributed by atoms with Gasteiger partial charge < -0.3 is 15.4 Å². The van der Waals surface area contributed by atoms with Gasteiger partial charge in [0.15, 0.2) is 11.6 Å². The highest BCUT2D eigenvalue weighted by Crippen LogP contribution is 2.17. The van der Waals surface area contributed by atoms with Gasteiger partial charge in [0.2, 0.25) is 11.8 Å².